The molecule has 2 saturated heterocycles. The normalized spacial score (nSPS) is 29.7. The third-order valence-corrected chi connectivity index (χ3v) is 4.79. The second-order valence-electron chi connectivity index (χ2n) is 5.63. The van der Waals surface area contributed by atoms with E-state index in [1.54, 1.807) is 0 Å². The fraction of sp³-hybridized carbons (Fsp3) is 0.917. The van der Waals surface area contributed by atoms with Crippen LogP contribution in [-0.4, -0.2) is 57.2 Å². The summed E-state index contributed by atoms with van der Waals surface area (Å²) in [6, 6.07) is 0.220. The molecule has 2 unspecified atom stereocenters. The molecule has 0 spiro atoms. The average Bonchev–Trinajstić information content (AvgIpc) is 2.73. The second-order valence-corrected chi connectivity index (χ2v) is 7.41. The molecule has 6 nitrogen and oxygen atoms in total. The van der Waals surface area contributed by atoms with Crippen molar-refractivity contribution < 1.29 is 13.2 Å². The zero-order valence-corrected chi connectivity index (χ0v) is 12.4. The van der Waals surface area contributed by atoms with Crippen LogP contribution in [0.1, 0.15) is 26.2 Å². The molecule has 2 rings (SSSR count). The summed E-state index contributed by atoms with van der Waals surface area (Å²) < 4.78 is 25.0. The van der Waals surface area contributed by atoms with E-state index >= 15 is 0 Å². The maximum Gasteiger partial charge on any atom is 0.227 e. The van der Waals surface area contributed by atoms with Gasteiger partial charge in [0, 0.05) is 25.2 Å². The number of carbonyl (C=O) groups is 1. The van der Waals surface area contributed by atoms with Gasteiger partial charge in [-0.3, -0.25) is 4.79 Å². The predicted molar refractivity (Wildman–Crippen MR) is 73.2 cm³/mol. The van der Waals surface area contributed by atoms with Gasteiger partial charge in [-0.1, -0.05) is 0 Å². The second kappa shape index (κ2) is 5.76. The highest BCUT2D eigenvalue weighted by atomic mass is 32.2. The molecule has 2 atom stereocenters. The van der Waals surface area contributed by atoms with Gasteiger partial charge in [0.05, 0.1) is 12.2 Å². The maximum atomic E-state index is 12.3. The summed E-state index contributed by atoms with van der Waals surface area (Å²) in [5.74, 6) is 0.301. The van der Waals surface area contributed by atoms with E-state index in [2.05, 4.69) is 10.0 Å². The monoisotopic (exact) mass is 289 g/mol. The van der Waals surface area contributed by atoms with E-state index in [9.17, 15) is 13.2 Å². The Balaban J connectivity index is 1.84. The number of likely N-dealkylation sites (tertiary alicyclic amines) is 1. The lowest BCUT2D eigenvalue weighted by Gasteiger charge is -2.34. The molecule has 0 aliphatic carbocycles. The molecule has 2 aliphatic rings. The third-order valence-electron chi connectivity index (χ3n) is 4.03. The van der Waals surface area contributed by atoms with Crippen molar-refractivity contribution in [3.63, 3.8) is 0 Å². The zero-order valence-electron chi connectivity index (χ0n) is 11.6. The Labute approximate surface area is 115 Å². The molecule has 2 heterocycles. The number of amides is 1. The highest BCUT2D eigenvalue weighted by Crippen LogP contribution is 2.21. The van der Waals surface area contributed by atoms with Crippen molar-refractivity contribution >= 4 is 15.9 Å². The van der Waals surface area contributed by atoms with Gasteiger partial charge in [0.15, 0.2) is 0 Å². The summed E-state index contributed by atoms with van der Waals surface area (Å²) >= 11 is 0. The van der Waals surface area contributed by atoms with Gasteiger partial charge in [-0.25, -0.2) is 13.1 Å². The molecular weight excluding hydrogens is 266 g/mol. The topological polar surface area (TPSA) is 78.5 Å². The number of carbonyl (C=O) groups excluding carboxylic acids is 1. The number of hydrogen-bond donors (Lipinski definition) is 2. The lowest BCUT2D eigenvalue weighted by atomic mass is 9.98. The van der Waals surface area contributed by atoms with Crippen LogP contribution in [0.5, 0.6) is 0 Å². The first kappa shape index (κ1) is 14.7. The largest absolute Gasteiger partial charge is 0.342 e. The minimum Gasteiger partial charge on any atom is -0.342 e. The molecule has 2 N–H and O–H groups in total. The summed E-state index contributed by atoms with van der Waals surface area (Å²) in [6.45, 7) is 4.25. The molecule has 0 aromatic heterocycles. The maximum absolute atomic E-state index is 12.3. The predicted octanol–water partition coefficient (Wildman–Crippen LogP) is -0.475. The number of nitrogens with zero attached hydrogens (tertiary/aromatic N) is 1. The van der Waals surface area contributed by atoms with Crippen LogP contribution in [0.2, 0.25) is 0 Å². The first-order valence-corrected chi connectivity index (χ1v) is 8.75. The number of nitrogens with one attached hydrogen (secondary N) is 2. The number of hydrogen-bond acceptors (Lipinski definition) is 4. The molecule has 1 amide bonds. The summed E-state index contributed by atoms with van der Waals surface area (Å²) in [6.07, 6.45) is 3.48. The Morgan fingerprint density at radius 3 is 2.37 bits per heavy atom. The molecule has 0 aromatic carbocycles. The van der Waals surface area contributed by atoms with Crippen molar-refractivity contribution in [3.8, 4) is 0 Å². The van der Waals surface area contributed by atoms with Crippen molar-refractivity contribution in [1.29, 1.82) is 0 Å². The van der Waals surface area contributed by atoms with E-state index in [-0.39, 0.29) is 23.9 Å². The van der Waals surface area contributed by atoms with Gasteiger partial charge in [-0.05, 0) is 32.7 Å². The van der Waals surface area contributed by atoms with Crippen LogP contribution in [0.3, 0.4) is 0 Å². The van der Waals surface area contributed by atoms with Gasteiger partial charge in [0.25, 0.3) is 0 Å². The lowest BCUT2D eigenvalue weighted by molar-refractivity contribution is -0.136. The third kappa shape index (κ3) is 3.90. The Kier molecular flexibility index (Phi) is 4.47. The van der Waals surface area contributed by atoms with E-state index in [0.717, 1.165) is 13.0 Å². The van der Waals surface area contributed by atoms with Crippen LogP contribution in [0.4, 0.5) is 0 Å². The Bertz CT molecular complexity index is 430. The summed E-state index contributed by atoms with van der Waals surface area (Å²) in [4.78, 5) is 14.2. The van der Waals surface area contributed by atoms with Crippen LogP contribution in [-0.2, 0) is 14.8 Å². The Hall–Kier alpha value is -0.660. The quantitative estimate of drug-likeness (QED) is 0.736. The zero-order chi connectivity index (χ0) is 14.0. The van der Waals surface area contributed by atoms with Crippen molar-refractivity contribution in [3.05, 3.63) is 0 Å². The van der Waals surface area contributed by atoms with Gasteiger partial charge in [-0.2, -0.15) is 0 Å². The van der Waals surface area contributed by atoms with E-state index in [4.69, 9.17) is 0 Å². The van der Waals surface area contributed by atoms with Crippen LogP contribution in [0.25, 0.3) is 0 Å². The number of rotatable bonds is 3. The number of sulfonamides is 1. The van der Waals surface area contributed by atoms with Gasteiger partial charge in [0.2, 0.25) is 15.9 Å². The van der Waals surface area contributed by atoms with Crippen molar-refractivity contribution in [2.24, 2.45) is 5.92 Å². The van der Waals surface area contributed by atoms with E-state index in [1.165, 1.54) is 6.26 Å². The molecule has 0 aromatic rings. The molecule has 110 valence electrons. The van der Waals surface area contributed by atoms with Gasteiger partial charge in [-0.15, -0.1) is 0 Å². The SMILES string of the molecule is CC1NCCC1C(=O)N1CCC(NS(C)(=O)=O)CC1. The summed E-state index contributed by atoms with van der Waals surface area (Å²) in [5, 5.41) is 3.29. The van der Waals surface area contributed by atoms with Gasteiger partial charge in [0.1, 0.15) is 0 Å². The Morgan fingerprint density at radius 2 is 1.89 bits per heavy atom. The first-order chi connectivity index (χ1) is 8.87. The summed E-state index contributed by atoms with van der Waals surface area (Å²) in [5.41, 5.74) is 0. The van der Waals surface area contributed by atoms with Gasteiger partial charge < -0.3 is 10.2 Å². The molecule has 2 fully saturated rings. The molecule has 0 saturated carbocycles. The van der Waals surface area contributed by atoms with Crippen LogP contribution in [0.15, 0.2) is 0 Å². The minimum atomic E-state index is -3.15. The van der Waals surface area contributed by atoms with Gasteiger partial charge >= 0.3 is 0 Å². The van der Waals surface area contributed by atoms with Crippen molar-refractivity contribution in [2.75, 3.05) is 25.9 Å². The van der Waals surface area contributed by atoms with Crippen LogP contribution in [0, 0.1) is 5.92 Å². The molecule has 0 bridgehead atoms. The molecular formula is C12H23N3O3S. The fourth-order valence-electron chi connectivity index (χ4n) is 2.95. The minimum absolute atomic E-state index is 0.0295. The lowest BCUT2D eigenvalue weighted by Crippen LogP contribution is -2.49. The van der Waals surface area contributed by atoms with E-state index < -0.39 is 10.0 Å². The van der Waals surface area contributed by atoms with E-state index in [1.807, 2.05) is 11.8 Å². The Morgan fingerprint density at radius 1 is 1.26 bits per heavy atom. The van der Waals surface area contributed by atoms with Crippen LogP contribution < -0.4 is 10.0 Å². The molecule has 0 radical (unpaired) electrons. The smallest absolute Gasteiger partial charge is 0.227 e. The number of piperidine rings is 1. The molecule has 19 heavy (non-hydrogen) atoms. The highest BCUT2D eigenvalue weighted by molar-refractivity contribution is 7.88. The summed E-state index contributed by atoms with van der Waals surface area (Å²) in [7, 11) is -3.15. The first-order valence-electron chi connectivity index (χ1n) is 6.86. The fourth-order valence-corrected chi connectivity index (χ4v) is 3.79. The van der Waals surface area contributed by atoms with E-state index in [0.29, 0.717) is 25.9 Å². The van der Waals surface area contributed by atoms with Crippen molar-refractivity contribution in [1.82, 2.24) is 14.9 Å². The molecule has 7 heteroatoms. The van der Waals surface area contributed by atoms with Crippen LogP contribution >= 0.6 is 0 Å². The molecule has 2 aliphatic heterocycles. The highest BCUT2D eigenvalue weighted by Gasteiger charge is 2.34. The standard InChI is InChI=1S/C12H23N3O3S/c1-9-11(3-6-13-9)12(16)15-7-4-10(5-8-15)14-19(2,17)18/h9-11,13-14H,3-8H2,1-2H3. The average molecular weight is 289 g/mol. The van der Waals surface area contributed by atoms with Crippen molar-refractivity contribution in [2.45, 2.75) is 38.3 Å².